The third-order valence-corrected chi connectivity index (χ3v) is 3.24. The lowest BCUT2D eigenvalue weighted by atomic mass is 10.1. The fraction of sp³-hybridized carbons (Fsp3) is 0.562. The number of phenols is 1. The van der Waals surface area contributed by atoms with E-state index in [0.29, 0.717) is 24.8 Å². The number of methoxy groups -OCH3 is 1. The molecule has 5 heteroatoms. The monoisotopic (exact) mass is 294 g/mol. The van der Waals surface area contributed by atoms with Crippen LogP contribution in [0.2, 0.25) is 0 Å². The van der Waals surface area contributed by atoms with Gasteiger partial charge in [0, 0.05) is 20.1 Å². The van der Waals surface area contributed by atoms with Gasteiger partial charge in [-0.2, -0.15) is 0 Å². The van der Waals surface area contributed by atoms with Crippen molar-refractivity contribution in [2.75, 3.05) is 20.7 Å². The minimum absolute atomic E-state index is 0.0840. The van der Waals surface area contributed by atoms with Crippen molar-refractivity contribution in [1.82, 2.24) is 10.2 Å². The molecule has 0 radical (unpaired) electrons. The first-order chi connectivity index (χ1) is 9.93. The molecule has 2 N–H and O–H groups in total. The van der Waals surface area contributed by atoms with Crippen LogP contribution in [-0.4, -0.2) is 36.7 Å². The molecule has 1 rings (SSSR count). The molecule has 1 aromatic carbocycles. The van der Waals surface area contributed by atoms with Crippen LogP contribution in [0.1, 0.15) is 32.3 Å². The zero-order valence-corrected chi connectivity index (χ0v) is 13.3. The molecule has 0 unspecified atom stereocenters. The van der Waals surface area contributed by atoms with Gasteiger partial charge in [0.2, 0.25) is 0 Å². The highest BCUT2D eigenvalue weighted by atomic mass is 16.5. The molecule has 0 aliphatic heterocycles. The standard InChI is InChI=1S/C16H26N2O3/c1-12(2)6-5-9-17-16(20)18(3)11-13-7-8-15(21-4)14(19)10-13/h7-8,10,12,19H,5-6,9,11H2,1-4H3,(H,17,20). The zero-order chi connectivity index (χ0) is 15.8. The normalized spacial score (nSPS) is 10.5. The van der Waals surface area contributed by atoms with E-state index in [0.717, 1.165) is 18.4 Å². The van der Waals surface area contributed by atoms with Crippen LogP contribution < -0.4 is 10.1 Å². The Kier molecular flexibility index (Phi) is 6.85. The first-order valence-corrected chi connectivity index (χ1v) is 7.29. The van der Waals surface area contributed by atoms with E-state index in [-0.39, 0.29) is 11.8 Å². The molecular weight excluding hydrogens is 268 g/mol. The number of carbonyl (C=O) groups is 1. The number of carbonyl (C=O) groups excluding carboxylic acids is 1. The van der Waals surface area contributed by atoms with Crippen molar-refractivity contribution in [3.05, 3.63) is 23.8 Å². The van der Waals surface area contributed by atoms with Gasteiger partial charge in [-0.05, 0) is 36.5 Å². The maximum absolute atomic E-state index is 11.9. The molecule has 1 aromatic rings. The summed E-state index contributed by atoms with van der Waals surface area (Å²) in [5, 5.41) is 12.6. The number of benzene rings is 1. The van der Waals surface area contributed by atoms with Crippen LogP contribution in [0, 0.1) is 5.92 Å². The van der Waals surface area contributed by atoms with Crippen LogP contribution in [0.4, 0.5) is 4.79 Å². The summed E-state index contributed by atoms with van der Waals surface area (Å²) in [4.78, 5) is 13.5. The van der Waals surface area contributed by atoms with Crippen LogP contribution in [0.3, 0.4) is 0 Å². The summed E-state index contributed by atoms with van der Waals surface area (Å²) in [6, 6.07) is 5.04. The Hall–Kier alpha value is -1.91. The van der Waals surface area contributed by atoms with Crippen molar-refractivity contribution in [3.63, 3.8) is 0 Å². The molecule has 0 aliphatic carbocycles. The van der Waals surface area contributed by atoms with Crippen molar-refractivity contribution in [3.8, 4) is 11.5 Å². The van der Waals surface area contributed by atoms with Crippen molar-refractivity contribution >= 4 is 6.03 Å². The molecule has 0 saturated carbocycles. The Morgan fingerprint density at radius 3 is 2.71 bits per heavy atom. The molecule has 0 heterocycles. The number of nitrogens with zero attached hydrogens (tertiary/aromatic N) is 1. The number of amides is 2. The molecule has 0 saturated heterocycles. The van der Waals surface area contributed by atoms with Crippen LogP contribution in [0.15, 0.2) is 18.2 Å². The molecule has 2 amide bonds. The highest BCUT2D eigenvalue weighted by Crippen LogP contribution is 2.26. The lowest BCUT2D eigenvalue weighted by molar-refractivity contribution is 0.206. The third-order valence-electron chi connectivity index (χ3n) is 3.24. The number of nitrogens with one attached hydrogen (secondary N) is 1. The Labute approximate surface area is 126 Å². The molecule has 118 valence electrons. The predicted molar refractivity (Wildman–Crippen MR) is 83.6 cm³/mol. The maximum Gasteiger partial charge on any atom is 0.317 e. The summed E-state index contributed by atoms with van der Waals surface area (Å²) in [6.45, 7) is 5.47. The maximum atomic E-state index is 11.9. The van der Waals surface area contributed by atoms with Crippen LogP contribution in [-0.2, 0) is 6.54 Å². The molecule has 0 spiro atoms. The summed E-state index contributed by atoms with van der Waals surface area (Å²) in [7, 11) is 3.24. The van der Waals surface area contributed by atoms with Gasteiger partial charge in [-0.3, -0.25) is 0 Å². The summed E-state index contributed by atoms with van der Waals surface area (Å²) < 4.78 is 4.99. The summed E-state index contributed by atoms with van der Waals surface area (Å²) in [5.74, 6) is 1.17. The van der Waals surface area contributed by atoms with Gasteiger partial charge in [-0.25, -0.2) is 4.79 Å². The number of phenolic OH excluding ortho intramolecular Hbond substituents is 1. The third kappa shape index (κ3) is 5.94. The molecule has 21 heavy (non-hydrogen) atoms. The largest absolute Gasteiger partial charge is 0.504 e. The molecule has 5 nitrogen and oxygen atoms in total. The Morgan fingerprint density at radius 2 is 2.14 bits per heavy atom. The second-order valence-electron chi connectivity index (χ2n) is 5.63. The van der Waals surface area contributed by atoms with Gasteiger partial charge in [-0.15, -0.1) is 0 Å². The van der Waals surface area contributed by atoms with E-state index < -0.39 is 0 Å². The second-order valence-corrected chi connectivity index (χ2v) is 5.63. The van der Waals surface area contributed by atoms with Gasteiger partial charge in [0.25, 0.3) is 0 Å². The topological polar surface area (TPSA) is 61.8 Å². The minimum atomic E-state index is -0.103. The fourth-order valence-electron chi connectivity index (χ4n) is 2.02. The number of hydrogen-bond donors (Lipinski definition) is 2. The molecule has 0 fully saturated rings. The molecule has 0 bridgehead atoms. The average molecular weight is 294 g/mol. The Morgan fingerprint density at radius 1 is 1.43 bits per heavy atom. The number of aromatic hydroxyl groups is 1. The highest BCUT2D eigenvalue weighted by Gasteiger charge is 2.10. The van der Waals surface area contributed by atoms with E-state index in [1.165, 1.54) is 7.11 Å². The number of urea groups is 1. The fourth-order valence-corrected chi connectivity index (χ4v) is 2.02. The number of rotatable bonds is 7. The highest BCUT2D eigenvalue weighted by molar-refractivity contribution is 5.73. The molecule has 0 aromatic heterocycles. The van der Waals surface area contributed by atoms with Gasteiger partial charge in [-0.1, -0.05) is 19.9 Å². The predicted octanol–water partition coefficient (Wildman–Crippen LogP) is 2.98. The summed E-state index contributed by atoms with van der Waals surface area (Å²) in [6.07, 6.45) is 2.09. The van der Waals surface area contributed by atoms with Crippen molar-refractivity contribution in [1.29, 1.82) is 0 Å². The van der Waals surface area contributed by atoms with E-state index in [2.05, 4.69) is 19.2 Å². The smallest absolute Gasteiger partial charge is 0.317 e. The van der Waals surface area contributed by atoms with Crippen LogP contribution in [0.5, 0.6) is 11.5 Å². The minimum Gasteiger partial charge on any atom is -0.504 e. The summed E-state index contributed by atoms with van der Waals surface area (Å²) >= 11 is 0. The second kappa shape index (κ2) is 8.39. The van der Waals surface area contributed by atoms with E-state index >= 15 is 0 Å². The summed E-state index contributed by atoms with van der Waals surface area (Å²) in [5.41, 5.74) is 0.855. The Bertz CT molecular complexity index is 461. The van der Waals surface area contributed by atoms with Crippen LogP contribution in [0.25, 0.3) is 0 Å². The van der Waals surface area contributed by atoms with Gasteiger partial charge in [0.1, 0.15) is 0 Å². The average Bonchev–Trinajstić information content (AvgIpc) is 2.43. The number of hydrogen-bond acceptors (Lipinski definition) is 3. The lowest BCUT2D eigenvalue weighted by Gasteiger charge is -2.18. The molecule has 0 atom stereocenters. The molecule has 0 aliphatic rings. The van der Waals surface area contributed by atoms with Crippen molar-refractivity contribution in [2.45, 2.75) is 33.2 Å². The quantitative estimate of drug-likeness (QED) is 0.760. The zero-order valence-electron chi connectivity index (χ0n) is 13.3. The molecular formula is C16H26N2O3. The van der Waals surface area contributed by atoms with Gasteiger partial charge >= 0.3 is 6.03 Å². The lowest BCUT2D eigenvalue weighted by Crippen LogP contribution is -2.37. The van der Waals surface area contributed by atoms with E-state index in [1.807, 2.05) is 6.07 Å². The van der Waals surface area contributed by atoms with Gasteiger partial charge in [0.05, 0.1) is 7.11 Å². The van der Waals surface area contributed by atoms with E-state index in [9.17, 15) is 9.90 Å². The van der Waals surface area contributed by atoms with E-state index in [4.69, 9.17) is 4.74 Å². The van der Waals surface area contributed by atoms with Crippen molar-refractivity contribution < 1.29 is 14.6 Å². The van der Waals surface area contributed by atoms with Crippen LogP contribution >= 0.6 is 0 Å². The van der Waals surface area contributed by atoms with Gasteiger partial charge in [0.15, 0.2) is 11.5 Å². The SMILES string of the molecule is COc1ccc(CN(C)C(=O)NCCCC(C)C)cc1O. The van der Waals surface area contributed by atoms with Crippen molar-refractivity contribution in [2.24, 2.45) is 5.92 Å². The number of ether oxygens (including phenoxy) is 1. The Balaban J connectivity index is 2.43. The first-order valence-electron chi connectivity index (χ1n) is 7.29. The first kappa shape index (κ1) is 17.1. The van der Waals surface area contributed by atoms with E-state index in [1.54, 1.807) is 24.1 Å². The van der Waals surface area contributed by atoms with Gasteiger partial charge < -0.3 is 20.1 Å².